The summed E-state index contributed by atoms with van der Waals surface area (Å²) in [6.45, 7) is 9.84. The minimum absolute atomic E-state index is 0.0446. The van der Waals surface area contributed by atoms with Gasteiger partial charge in [-0.3, -0.25) is 0 Å². The number of hydrogen-bond donors (Lipinski definition) is 1. The summed E-state index contributed by atoms with van der Waals surface area (Å²) in [5.41, 5.74) is 0.0446. The van der Waals surface area contributed by atoms with Crippen molar-refractivity contribution in [3.8, 4) is 0 Å². The third-order valence-electron chi connectivity index (χ3n) is 3.01. The third-order valence-corrected chi connectivity index (χ3v) is 3.01. The molecule has 0 aromatic heterocycles. The van der Waals surface area contributed by atoms with Gasteiger partial charge >= 0.3 is 0 Å². The van der Waals surface area contributed by atoms with E-state index in [1.165, 1.54) is 25.7 Å². The van der Waals surface area contributed by atoms with E-state index in [0.717, 1.165) is 13.0 Å². The highest BCUT2D eigenvalue weighted by molar-refractivity contribution is 4.71. The van der Waals surface area contributed by atoms with Gasteiger partial charge in [0, 0.05) is 13.2 Å². The largest absolute Gasteiger partial charge is 0.379 e. The van der Waals surface area contributed by atoms with E-state index < -0.39 is 0 Å². The summed E-state index contributed by atoms with van der Waals surface area (Å²) in [4.78, 5) is 0. The molecule has 92 valence electrons. The average molecular weight is 215 g/mol. The predicted octanol–water partition coefficient (Wildman–Crippen LogP) is 3.36. The fraction of sp³-hybridized carbons (Fsp3) is 1.00. The van der Waals surface area contributed by atoms with Crippen LogP contribution in [0.1, 0.15) is 59.8 Å². The lowest BCUT2D eigenvalue weighted by Gasteiger charge is -2.24. The predicted molar refractivity (Wildman–Crippen MR) is 67.3 cm³/mol. The first-order valence-corrected chi connectivity index (χ1v) is 6.34. The number of hydrogen-bond acceptors (Lipinski definition) is 2. The zero-order valence-electron chi connectivity index (χ0n) is 11.2. The Morgan fingerprint density at radius 2 is 1.87 bits per heavy atom. The van der Waals surface area contributed by atoms with Crippen molar-refractivity contribution in [2.75, 3.05) is 13.7 Å². The van der Waals surface area contributed by atoms with Crippen LogP contribution in [0.15, 0.2) is 0 Å². The quantitative estimate of drug-likeness (QED) is 0.637. The van der Waals surface area contributed by atoms with Gasteiger partial charge in [-0.05, 0) is 46.1 Å². The molecular weight excluding hydrogens is 186 g/mol. The maximum Gasteiger partial charge on any atom is 0.0622 e. The summed E-state index contributed by atoms with van der Waals surface area (Å²) in [7, 11) is 1.80. The lowest BCUT2D eigenvalue weighted by atomic mass is 9.97. The highest BCUT2D eigenvalue weighted by atomic mass is 16.5. The highest BCUT2D eigenvalue weighted by Gasteiger charge is 2.16. The molecule has 2 nitrogen and oxygen atoms in total. The van der Waals surface area contributed by atoms with Crippen LogP contribution in [0.25, 0.3) is 0 Å². The molecule has 0 radical (unpaired) electrons. The van der Waals surface area contributed by atoms with E-state index in [1.54, 1.807) is 7.11 Å². The van der Waals surface area contributed by atoms with Crippen LogP contribution in [-0.4, -0.2) is 25.3 Å². The number of ether oxygens (including phenoxy) is 1. The van der Waals surface area contributed by atoms with Gasteiger partial charge in [-0.2, -0.15) is 0 Å². The van der Waals surface area contributed by atoms with Crippen LogP contribution < -0.4 is 5.32 Å². The van der Waals surface area contributed by atoms with Crippen molar-refractivity contribution in [1.29, 1.82) is 0 Å². The number of rotatable bonds is 9. The molecule has 0 spiro atoms. The van der Waals surface area contributed by atoms with E-state index >= 15 is 0 Å². The minimum Gasteiger partial charge on any atom is -0.379 e. The lowest BCUT2D eigenvalue weighted by Crippen LogP contribution is -2.30. The van der Waals surface area contributed by atoms with Crippen molar-refractivity contribution in [2.24, 2.45) is 0 Å². The average Bonchev–Trinajstić information content (AvgIpc) is 2.18. The molecule has 0 rings (SSSR count). The minimum atomic E-state index is 0.0446. The fourth-order valence-corrected chi connectivity index (χ4v) is 1.86. The van der Waals surface area contributed by atoms with E-state index in [0.29, 0.717) is 6.04 Å². The molecule has 0 fully saturated rings. The SMILES string of the molecule is CCCC(CCCC(C)(C)OC)NCC. The van der Waals surface area contributed by atoms with Gasteiger partial charge in [0.2, 0.25) is 0 Å². The van der Waals surface area contributed by atoms with Gasteiger partial charge in [0.15, 0.2) is 0 Å². The van der Waals surface area contributed by atoms with Gasteiger partial charge in [0.05, 0.1) is 5.60 Å². The molecule has 0 saturated carbocycles. The normalized spacial score (nSPS) is 14.2. The molecule has 0 aliphatic carbocycles. The van der Waals surface area contributed by atoms with Crippen LogP contribution in [-0.2, 0) is 4.74 Å². The van der Waals surface area contributed by atoms with Gasteiger partial charge in [-0.25, -0.2) is 0 Å². The van der Waals surface area contributed by atoms with Gasteiger partial charge in [0.25, 0.3) is 0 Å². The molecule has 0 aromatic rings. The molecule has 0 saturated heterocycles. The molecule has 0 amide bonds. The molecule has 15 heavy (non-hydrogen) atoms. The second-order valence-corrected chi connectivity index (χ2v) is 4.90. The smallest absolute Gasteiger partial charge is 0.0622 e. The Kier molecular flexibility index (Phi) is 8.07. The maximum atomic E-state index is 5.42. The van der Waals surface area contributed by atoms with Crippen LogP contribution >= 0.6 is 0 Å². The monoisotopic (exact) mass is 215 g/mol. The lowest BCUT2D eigenvalue weighted by molar-refractivity contribution is 0.0129. The first kappa shape index (κ1) is 14.9. The maximum absolute atomic E-state index is 5.42. The summed E-state index contributed by atoms with van der Waals surface area (Å²) in [5.74, 6) is 0. The molecule has 0 bridgehead atoms. The van der Waals surface area contributed by atoms with Crippen molar-refractivity contribution in [3.63, 3.8) is 0 Å². The molecule has 0 aromatic carbocycles. The third kappa shape index (κ3) is 7.80. The van der Waals surface area contributed by atoms with Crippen LogP contribution in [0.5, 0.6) is 0 Å². The molecule has 2 heteroatoms. The van der Waals surface area contributed by atoms with Crippen LogP contribution in [0.2, 0.25) is 0 Å². The second kappa shape index (κ2) is 8.12. The Labute approximate surface area is 95.8 Å². The summed E-state index contributed by atoms with van der Waals surface area (Å²) in [6.07, 6.45) is 6.23. The van der Waals surface area contributed by atoms with Gasteiger partial charge in [-0.15, -0.1) is 0 Å². The molecular formula is C13H29NO. The van der Waals surface area contributed by atoms with Crippen molar-refractivity contribution < 1.29 is 4.74 Å². The highest BCUT2D eigenvalue weighted by Crippen LogP contribution is 2.18. The van der Waals surface area contributed by atoms with Crippen molar-refractivity contribution in [1.82, 2.24) is 5.32 Å². The number of nitrogens with one attached hydrogen (secondary N) is 1. The molecule has 1 unspecified atom stereocenters. The summed E-state index contributed by atoms with van der Waals surface area (Å²) >= 11 is 0. The van der Waals surface area contributed by atoms with Crippen LogP contribution in [0, 0.1) is 0 Å². The molecule has 0 aliphatic rings. The standard InChI is InChI=1S/C13H29NO/c1-6-9-12(14-7-2)10-8-11-13(3,4)15-5/h12,14H,6-11H2,1-5H3. The van der Waals surface area contributed by atoms with Crippen LogP contribution in [0.3, 0.4) is 0 Å². The fourth-order valence-electron chi connectivity index (χ4n) is 1.86. The van der Waals surface area contributed by atoms with E-state index in [9.17, 15) is 0 Å². The molecule has 1 atom stereocenters. The Morgan fingerprint density at radius 3 is 2.33 bits per heavy atom. The zero-order chi connectivity index (χ0) is 11.7. The summed E-state index contributed by atoms with van der Waals surface area (Å²) in [5, 5.41) is 3.55. The number of methoxy groups -OCH3 is 1. The topological polar surface area (TPSA) is 21.3 Å². The van der Waals surface area contributed by atoms with Crippen molar-refractivity contribution in [3.05, 3.63) is 0 Å². The first-order chi connectivity index (χ1) is 7.05. The van der Waals surface area contributed by atoms with Crippen molar-refractivity contribution in [2.45, 2.75) is 71.4 Å². The van der Waals surface area contributed by atoms with E-state index in [-0.39, 0.29) is 5.60 Å². The molecule has 0 heterocycles. The molecule has 1 N–H and O–H groups in total. The summed E-state index contributed by atoms with van der Waals surface area (Å²) in [6, 6.07) is 0.702. The van der Waals surface area contributed by atoms with Crippen LogP contribution in [0.4, 0.5) is 0 Å². The van der Waals surface area contributed by atoms with Crippen molar-refractivity contribution >= 4 is 0 Å². The van der Waals surface area contributed by atoms with E-state index in [4.69, 9.17) is 4.74 Å². The summed E-state index contributed by atoms with van der Waals surface area (Å²) < 4.78 is 5.42. The first-order valence-electron chi connectivity index (χ1n) is 6.34. The second-order valence-electron chi connectivity index (χ2n) is 4.90. The Morgan fingerprint density at radius 1 is 1.20 bits per heavy atom. The zero-order valence-corrected chi connectivity index (χ0v) is 11.2. The Bertz CT molecular complexity index is 139. The Balaban J connectivity index is 3.69. The van der Waals surface area contributed by atoms with E-state index in [1.807, 2.05) is 0 Å². The van der Waals surface area contributed by atoms with Gasteiger partial charge in [-0.1, -0.05) is 20.3 Å². The Hall–Kier alpha value is -0.0800. The molecule has 0 aliphatic heterocycles. The van der Waals surface area contributed by atoms with Gasteiger partial charge in [0.1, 0.15) is 0 Å². The van der Waals surface area contributed by atoms with Gasteiger partial charge < -0.3 is 10.1 Å². The van der Waals surface area contributed by atoms with E-state index in [2.05, 4.69) is 33.0 Å².